The van der Waals surface area contributed by atoms with Gasteiger partial charge in [0.1, 0.15) is 0 Å². The van der Waals surface area contributed by atoms with Gasteiger partial charge in [-0.25, -0.2) is 0 Å². The molecule has 0 radical (unpaired) electrons. The first-order chi connectivity index (χ1) is 5.68. The van der Waals surface area contributed by atoms with Crippen molar-refractivity contribution in [3.63, 3.8) is 0 Å². The summed E-state index contributed by atoms with van der Waals surface area (Å²) in [4.78, 5) is 10.6. The number of aliphatic carboxylic acids is 1. The number of rotatable bonds is 4. The zero-order valence-corrected chi connectivity index (χ0v) is 7.51. The average molecular weight is 172 g/mol. The second-order valence-corrected chi connectivity index (χ2v) is 3.39. The van der Waals surface area contributed by atoms with Gasteiger partial charge in [0.2, 0.25) is 0 Å². The molecule has 0 bridgehead atoms. The van der Waals surface area contributed by atoms with Crippen molar-refractivity contribution in [2.45, 2.75) is 44.6 Å². The molecular weight excluding hydrogens is 156 g/mol. The van der Waals surface area contributed by atoms with E-state index in [4.69, 9.17) is 9.84 Å². The van der Waals surface area contributed by atoms with Crippen molar-refractivity contribution < 1.29 is 14.6 Å². The number of hydrogen-bond donors (Lipinski definition) is 1. The lowest BCUT2D eigenvalue weighted by Crippen LogP contribution is -2.31. The third-order valence-corrected chi connectivity index (χ3v) is 2.44. The van der Waals surface area contributed by atoms with Gasteiger partial charge in [0.05, 0.1) is 12.0 Å². The summed E-state index contributed by atoms with van der Waals surface area (Å²) in [7, 11) is 0. The molecule has 1 rings (SSSR count). The van der Waals surface area contributed by atoms with E-state index in [2.05, 4.69) is 0 Å². The minimum Gasteiger partial charge on any atom is -0.481 e. The summed E-state index contributed by atoms with van der Waals surface area (Å²) in [5.74, 6) is -0.745. The topological polar surface area (TPSA) is 46.5 Å². The van der Waals surface area contributed by atoms with E-state index in [0.29, 0.717) is 6.61 Å². The molecule has 1 N–H and O–H groups in total. The molecule has 1 saturated carbocycles. The standard InChI is InChI=1S/C9H16O3/c1-2-12-9(7-8(10)11)5-3-4-6-9/h2-7H2,1H3,(H,10,11). The van der Waals surface area contributed by atoms with Gasteiger partial charge in [0, 0.05) is 6.61 Å². The van der Waals surface area contributed by atoms with Crippen LogP contribution in [0.1, 0.15) is 39.0 Å². The van der Waals surface area contributed by atoms with Crippen molar-refractivity contribution in [2.24, 2.45) is 0 Å². The molecule has 0 heterocycles. The van der Waals surface area contributed by atoms with Gasteiger partial charge in [-0.05, 0) is 19.8 Å². The molecular formula is C9H16O3. The van der Waals surface area contributed by atoms with Gasteiger partial charge in [-0.15, -0.1) is 0 Å². The van der Waals surface area contributed by atoms with E-state index in [0.717, 1.165) is 25.7 Å². The first-order valence-corrected chi connectivity index (χ1v) is 4.54. The maximum atomic E-state index is 10.6. The molecule has 1 aliphatic rings. The van der Waals surface area contributed by atoms with Crippen LogP contribution in [0.3, 0.4) is 0 Å². The zero-order valence-electron chi connectivity index (χ0n) is 7.51. The van der Waals surface area contributed by atoms with E-state index in [1.54, 1.807) is 0 Å². The Labute approximate surface area is 72.7 Å². The maximum Gasteiger partial charge on any atom is 0.306 e. The van der Waals surface area contributed by atoms with Crippen molar-refractivity contribution >= 4 is 5.97 Å². The number of hydrogen-bond acceptors (Lipinski definition) is 2. The molecule has 0 aliphatic heterocycles. The molecule has 0 saturated heterocycles. The molecule has 0 amide bonds. The minimum atomic E-state index is -0.745. The molecule has 12 heavy (non-hydrogen) atoms. The molecule has 3 heteroatoms. The normalized spacial score (nSPS) is 21.1. The van der Waals surface area contributed by atoms with Crippen molar-refractivity contribution in [2.75, 3.05) is 6.61 Å². The largest absolute Gasteiger partial charge is 0.481 e. The molecule has 0 atom stereocenters. The number of ether oxygens (including phenoxy) is 1. The van der Waals surface area contributed by atoms with Gasteiger partial charge < -0.3 is 9.84 Å². The Kier molecular flexibility index (Phi) is 3.09. The summed E-state index contributed by atoms with van der Waals surface area (Å²) in [6.07, 6.45) is 4.20. The number of carbonyl (C=O) groups is 1. The monoisotopic (exact) mass is 172 g/mol. The Morgan fingerprint density at radius 1 is 1.50 bits per heavy atom. The molecule has 1 fully saturated rings. The van der Waals surface area contributed by atoms with Crippen LogP contribution in [0.25, 0.3) is 0 Å². The number of carboxylic acids is 1. The second kappa shape index (κ2) is 3.90. The first-order valence-electron chi connectivity index (χ1n) is 4.54. The van der Waals surface area contributed by atoms with E-state index in [1.807, 2.05) is 6.92 Å². The van der Waals surface area contributed by atoms with Crippen LogP contribution in [0.4, 0.5) is 0 Å². The highest BCUT2D eigenvalue weighted by molar-refractivity contribution is 5.68. The third kappa shape index (κ3) is 2.21. The van der Waals surface area contributed by atoms with Crippen molar-refractivity contribution in [3.8, 4) is 0 Å². The SMILES string of the molecule is CCOC1(CC(=O)O)CCCC1. The summed E-state index contributed by atoms with van der Waals surface area (Å²) in [6, 6.07) is 0. The molecule has 70 valence electrons. The van der Waals surface area contributed by atoms with Crippen LogP contribution in [-0.2, 0) is 9.53 Å². The smallest absolute Gasteiger partial charge is 0.306 e. The quantitative estimate of drug-likeness (QED) is 0.703. The zero-order chi connectivity index (χ0) is 9.03. The number of carboxylic acid groups (broad SMARTS) is 1. The molecule has 0 unspecified atom stereocenters. The fourth-order valence-corrected chi connectivity index (χ4v) is 1.97. The molecule has 0 spiro atoms. The second-order valence-electron chi connectivity index (χ2n) is 3.39. The lowest BCUT2D eigenvalue weighted by Gasteiger charge is -2.26. The lowest BCUT2D eigenvalue weighted by atomic mass is 9.98. The molecule has 0 aromatic heterocycles. The summed E-state index contributed by atoms with van der Waals surface area (Å²) in [5.41, 5.74) is -0.333. The highest BCUT2D eigenvalue weighted by atomic mass is 16.5. The van der Waals surface area contributed by atoms with E-state index in [9.17, 15) is 4.79 Å². The van der Waals surface area contributed by atoms with Gasteiger partial charge in [-0.3, -0.25) is 4.79 Å². The van der Waals surface area contributed by atoms with Crippen LogP contribution in [-0.4, -0.2) is 23.3 Å². The Morgan fingerprint density at radius 2 is 2.08 bits per heavy atom. The predicted molar refractivity (Wildman–Crippen MR) is 45.1 cm³/mol. The lowest BCUT2D eigenvalue weighted by molar-refractivity contribution is -0.145. The van der Waals surface area contributed by atoms with E-state index < -0.39 is 5.97 Å². The Hall–Kier alpha value is -0.570. The third-order valence-electron chi connectivity index (χ3n) is 2.44. The van der Waals surface area contributed by atoms with Gasteiger partial charge in [-0.2, -0.15) is 0 Å². The van der Waals surface area contributed by atoms with Crippen LogP contribution in [0.5, 0.6) is 0 Å². The maximum absolute atomic E-state index is 10.6. The van der Waals surface area contributed by atoms with Crippen LogP contribution >= 0.6 is 0 Å². The van der Waals surface area contributed by atoms with Crippen LogP contribution < -0.4 is 0 Å². The predicted octanol–water partition coefficient (Wildman–Crippen LogP) is 1.81. The highest BCUT2D eigenvalue weighted by Crippen LogP contribution is 2.35. The minimum absolute atomic E-state index is 0.167. The summed E-state index contributed by atoms with van der Waals surface area (Å²) >= 11 is 0. The van der Waals surface area contributed by atoms with Gasteiger partial charge in [0.15, 0.2) is 0 Å². The molecule has 0 aromatic carbocycles. The van der Waals surface area contributed by atoms with Gasteiger partial charge in [-0.1, -0.05) is 12.8 Å². The first kappa shape index (κ1) is 9.52. The van der Waals surface area contributed by atoms with Crippen LogP contribution in [0, 0.1) is 0 Å². The van der Waals surface area contributed by atoms with Crippen molar-refractivity contribution in [1.82, 2.24) is 0 Å². The van der Waals surface area contributed by atoms with Crippen LogP contribution in [0.15, 0.2) is 0 Å². The van der Waals surface area contributed by atoms with E-state index >= 15 is 0 Å². The van der Waals surface area contributed by atoms with Gasteiger partial charge >= 0.3 is 5.97 Å². The Balaban J connectivity index is 2.52. The molecule has 3 nitrogen and oxygen atoms in total. The fraction of sp³-hybridized carbons (Fsp3) is 0.889. The highest BCUT2D eigenvalue weighted by Gasteiger charge is 2.36. The fourth-order valence-electron chi connectivity index (χ4n) is 1.97. The molecule has 1 aliphatic carbocycles. The summed E-state index contributed by atoms with van der Waals surface area (Å²) in [5, 5.41) is 8.69. The van der Waals surface area contributed by atoms with Gasteiger partial charge in [0.25, 0.3) is 0 Å². The average Bonchev–Trinajstić information content (AvgIpc) is 2.36. The van der Waals surface area contributed by atoms with Crippen molar-refractivity contribution in [3.05, 3.63) is 0 Å². The summed E-state index contributed by atoms with van der Waals surface area (Å²) < 4.78 is 5.52. The van der Waals surface area contributed by atoms with Crippen LogP contribution in [0.2, 0.25) is 0 Å². The van der Waals surface area contributed by atoms with Crippen molar-refractivity contribution in [1.29, 1.82) is 0 Å². The summed E-state index contributed by atoms with van der Waals surface area (Å²) in [6.45, 7) is 2.54. The Bertz CT molecular complexity index is 159. The van der Waals surface area contributed by atoms with E-state index in [-0.39, 0.29) is 12.0 Å². The van der Waals surface area contributed by atoms with E-state index in [1.165, 1.54) is 0 Å². The Morgan fingerprint density at radius 3 is 2.50 bits per heavy atom. The molecule has 0 aromatic rings.